The zero-order chi connectivity index (χ0) is 16.5. The number of carboxylic acid groups (broad SMARTS) is 1. The maximum absolute atomic E-state index is 11.7. The topological polar surface area (TPSA) is 82.8 Å². The molecule has 0 unspecified atom stereocenters. The fraction of sp³-hybridized carbons (Fsp3) is 0.625. The summed E-state index contributed by atoms with van der Waals surface area (Å²) in [5.74, 6) is -1.14. The van der Waals surface area contributed by atoms with E-state index in [1.807, 2.05) is 0 Å². The van der Waals surface area contributed by atoms with Crippen LogP contribution in [0.15, 0.2) is 17.1 Å². The Morgan fingerprint density at radius 3 is 2.64 bits per heavy atom. The Balaban J connectivity index is 2.87. The Labute approximate surface area is 131 Å². The van der Waals surface area contributed by atoms with Gasteiger partial charge in [-0.3, -0.25) is 14.5 Å². The Hall–Kier alpha value is -1.82. The van der Waals surface area contributed by atoms with Crippen LogP contribution in [0, 0.1) is 0 Å². The van der Waals surface area contributed by atoms with Gasteiger partial charge in [-0.25, -0.2) is 0 Å². The van der Waals surface area contributed by atoms with Crippen molar-refractivity contribution in [1.29, 1.82) is 0 Å². The molecule has 1 aromatic rings. The van der Waals surface area contributed by atoms with Crippen molar-refractivity contribution >= 4 is 5.97 Å². The van der Waals surface area contributed by atoms with E-state index in [-0.39, 0.29) is 12.2 Å². The molecule has 1 heterocycles. The number of nitrogens with zero attached hydrogens (tertiary/aromatic N) is 2. The Bertz CT molecular complexity index is 539. The largest absolute Gasteiger partial charge is 0.503 e. The van der Waals surface area contributed by atoms with E-state index in [0.29, 0.717) is 19.5 Å². The van der Waals surface area contributed by atoms with Crippen LogP contribution in [-0.4, -0.2) is 38.7 Å². The molecule has 22 heavy (non-hydrogen) atoms. The third kappa shape index (κ3) is 5.89. The van der Waals surface area contributed by atoms with E-state index in [1.165, 1.54) is 12.3 Å². The first kappa shape index (κ1) is 18.2. The summed E-state index contributed by atoms with van der Waals surface area (Å²) in [7, 11) is 0. The van der Waals surface area contributed by atoms with Gasteiger partial charge in [-0.1, -0.05) is 20.3 Å². The van der Waals surface area contributed by atoms with Gasteiger partial charge in [-0.2, -0.15) is 0 Å². The molecule has 0 aliphatic rings. The number of aromatic hydroxyl groups is 1. The first-order valence-electron chi connectivity index (χ1n) is 7.84. The lowest BCUT2D eigenvalue weighted by Crippen LogP contribution is -2.27. The lowest BCUT2D eigenvalue weighted by Gasteiger charge is -2.23. The number of carboxylic acids is 1. The average molecular weight is 310 g/mol. The van der Waals surface area contributed by atoms with Gasteiger partial charge in [0.05, 0.1) is 6.20 Å². The Kier molecular flexibility index (Phi) is 7.66. The predicted molar refractivity (Wildman–Crippen MR) is 85.1 cm³/mol. The maximum atomic E-state index is 11.7. The summed E-state index contributed by atoms with van der Waals surface area (Å²) < 4.78 is 1.79. The summed E-state index contributed by atoms with van der Waals surface area (Å²) in [6.45, 7) is 7.14. The van der Waals surface area contributed by atoms with Gasteiger partial charge in [0, 0.05) is 31.3 Å². The lowest BCUT2D eigenvalue weighted by atomic mass is 10.2. The van der Waals surface area contributed by atoms with Crippen molar-refractivity contribution in [3.63, 3.8) is 0 Å². The average Bonchev–Trinajstić information content (AvgIpc) is 2.47. The molecule has 0 saturated heterocycles. The molecule has 1 rings (SSSR count). The molecule has 0 atom stereocenters. The fourth-order valence-corrected chi connectivity index (χ4v) is 2.31. The summed E-state index contributed by atoms with van der Waals surface area (Å²) >= 11 is 0. The van der Waals surface area contributed by atoms with Crippen molar-refractivity contribution in [2.45, 2.75) is 52.6 Å². The summed E-state index contributed by atoms with van der Waals surface area (Å²) in [5, 5.41) is 18.3. The van der Waals surface area contributed by atoms with Gasteiger partial charge in [0.15, 0.2) is 5.75 Å². The van der Waals surface area contributed by atoms with Crippen LogP contribution in [0.25, 0.3) is 0 Å². The maximum Gasteiger partial charge on any atom is 0.303 e. The molecule has 0 amide bonds. The number of aliphatic carboxylic acids is 1. The summed E-state index contributed by atoms with van der Waals surface area (Å²) in [6.07, 6.45) is 4.14. The first-order chi connectivity index (χ1) is 10.5. The molecule has 0 spiro atoms. The first-order valence-corrected chi connectivity index (χ1v) is 7.84. The molecule has 0 saturated carbocycles. The predicted octanol–water partition coefficient (Wildman–Crippen LogP) is 2.04. The highest BCUT2D eigenvalue weighted by Crippen LogP contribution is 2.11. The molecular weight excluding hydrogens is 284 g/mol. The third-order valence-corrected chi connectivity index (χ3v) is 3.65. The molecule has 0 fully saturated rings. The minimum absolute atomic E-state index is 0.0691. The Morgan fingerprint density at radius 1 is 1.32 bits per heavy atom. The number of carbonyl (C=O) groups is 1. The van der Waals surface area contributed by atoms with Crippen molar-refractivity contribution in [1.82, 2.24) is 9.47 Å². The quantitative estimate of drug-likeness (QED) is 0.691. The third-order valence-electron chi connectivity index (χ3n) is 3.65. The number of pyridine rings is 1. The fourth-order valence-electron chi connectivity index (χ4n) is 2.31. The normalized spacial score (nSPS) is 11.0. The van der Waals surface area contributed by atoms with Crippen LogP contribution in [-0.2, 0) is 17.9 Å². The van der Waals surface area contributed by atoms with E-state index >= 15 is 0 Å². The number of unbranched alkanes of at least 4 members (excludes halogenated alkanes) is 1. The number of hydrogen-bond acceptors (Lipinski definition) is 4. The van der Waals surface area contributed by atoms with E-state index in [0.717, 1.165) is 31.6 Å². The molecule has 0 aliphatic carbocycles. The molecule has 2 N–H and O–H groups in total. The van der Waals surface area contributed by atoms with E-state index in [1.54, 1.807) is 4.57 Å². The van der Waals surface area contributed by atoms with E-state index in [9.17, 15) is 14.7 Å². The zero-order valence-electron chi connectivity index (χ0n) is 13.4. The zero-order valence-corrected chi connectivity index (χ0v) is 13.4. The molecule has 6 nitrogen and oxygen atoms in total. The van der Waals surface area contributed by atoms with Crippen LogP contribution in [0.1, 0.15) is 45.2 Å². The molecule has 124 valence electrons. The van der Waals surface area contributed by atoms with Gasteiger partial charge in [0.2, 0.25) is 5.43 Å². The van der Waals surface area contributed by atoms with Gasteiger partial charge in [-0.15, -0.1) is 0 Å². The minimum Gasteiger partial charge on any atom is -0.503 e. The van der Waals surface area contributed by atoms with Gasteiger partial charge in [0.25, 0.3) is 0 Å². The molecule has 6 heteroatoms. The van der Waals surface area contributed by atoms with Gasteiger partial charge in [0.1, 0.15) is 0 Å². The second kappa shape index (κ2) is 9.25. The van der Waals surface area contributed by atoms with Crippen LogP contribution in [0.2, 0.25) is 0 Å². The van der Waals surface area contributed by atoms with Crippen LogP contribution < -0.4 is 5.43 Å². The van der Waals surface area contributed by atoms with Crippen molar-refractivity contribution in [2.75, 3.05) is 13.1 Å². The number of aryl methyl sites for hydroxylation is 1. The van der Waals surface area contributed by atoms with Crippen molar-refractivity contribution in [2.24, 2.45) is 0 Å². The van der Waals surface area contributed by atoms with Gasteiger partial charge in [-0.05, 0) is 25.9 Å². The minimum atomic E-state index is -0.843. The second-order valence-electron chi connectivity index (χ2n) is 5.43. The summed E-state index contributed by atoms with van der Waals surface area (Å²) in [5.41, 5.74) is 0.419. The second-order valence-corrected chi connectivity index (χ2v) is 5.43. The molecule has 0 aliphatic heterocycles. The lowest BCUT2D eigenvalue weighted by molar-refractivity contribution is -0.137. The molecule has 0 radical (unpaired) electrons. The van der Waals surface area contributed by atoms with E-state index in [2.05, 4.69) is 18.7 Å². The highest BCUT2D eigenvalue weighted by atomic mass is 16.4. The van der Waals surface area contributed by atoms with E-state index in [4.69, 9.17) is 5.11 Å². The highest BCUT2D eigenvalue weighted by Gasteiger charge is 2.10. The highest BCUT2D eigenvalue weighted by molar-refractivity contribution is 5.66. The van der Waals surface area contributed by atoms with Gasteiger partial charge >= 0.3 is 5.97 Å². The summed E-state index contributed by atoms with van der Waals surface area (Å²) in [6, 6.07) is 1.45. The van der Waals surface area contributed by atoms with Crippen molar-refractivity contribution in [3.05, 3.63) is 28.2 Å². The van der Waals surface area contributed by atoms with Crippen LogP contribution >= 0.6 is 0 Å². The molecule has 1 aromatic heterocycles. The molecular formula is C16H26N2O4. The number of aromatic nitrogens is 1. The van der Waals surface area contributed by atoms with Crippen molar-refractivity contribution < 1.29 is 15.0 Å². The summed E-state index contributed by atoms with van der Waals surface area (Å²) in [4.78, 5) is 24.5. The molecule has 0 bridgehead atoms. The standard InChI is InChI=1S/C16H26N2O4/c1-3-5-8-17(4-2)11-13-10-14(19)15(20)12-18(13)9-6-7-16(21)22/h10,12,20H,3-9,11H2,1-2H3,(H,21,22). The monoisotopic (exact) mass is 310 g/mol. The van der Waals surface area contributed by atoms with Crippen LogP contribution in [0.4, 0.5) is 0 Å². The Morgan fingerprint density at radius 2 is 2.05 bits per heavy atom. The van der Waals surface area contributed by atoms with Gasteiger partial charge < -0.3 is 14.8 Å². The number of hydrogen-bond donors (Lipinski definition) is 2. The number of rotatable bonds is 10. The smallest absolute Gasteiger partial charge is 0.303 e. The van der Waals surface area contributed by atoms with Crippen molar-refractivity contribution in [3.8, 4) is 5.75 Å². The molecule has 0 aromatic carbocycles. The van der Waals surface area contributed by atoms with Crippen LogP contribution in [0.3, 0.4) is 0 Å². The van der Waals surface area contributed by atoms with E-state index < -0.39 is 11.4 Å². The SMILES string of the molecule is CCCCN(CC)Cc1cc(=O)c(O)cn1CCCC(=O)O. The van der Waals surface area contributed by atoms with Crippen LogP contribution in [0.5, 0.6) is 5.75 Å².